The van der Waals surface area contributed by atoms with E-state index in [9.17, 15) is 0 Å². The Kier molecular flexibility index (Phi) is 6.64. The molecule has 0 saturated carbocycles. The maximum Gasteiger partial charge on any atom is 0.0314 e. The highest BCUT2D eigenvalue weighted by Gasteiger charge is 1.89. The topological polar surface area (TPSA) is 52.0 Å². The van der Waals surface area contributed by atoms with Crippen molar-refractivity contribution in [2.24, 2.45) is 0 Å². The van der Waals surface area contributed by atoms with E-state index in [1.54, 1.807) is 0 Å². The molecule has 0 bridgehead atoms. The standard InChI is InChI=1S/C26H24N2/c27-25-17-13-23(14-18-25)7-3-1-5-21-9-11-22(12-10-21)6-2-4-8-24-15-19-26(28)20-16-24/h1-20H,27-28H2. The summed E-state index contributed by atoms with van der Waals surface area (Å²) in [4.78, 5) is 0. The van der Waals surface area contributed by atoms with Gasteiger partial charge in [0, 0.05) is 11.4 Å². The highest BCUT2D eigenvalue weighted by Crippen LogP contribution is 2.11. The van der Waals surface area contributed by atoms with E-state index in [4.69, 9.17) is 11.5 Å². The Hall–Kier alpha value is -3.78. The second-order valence-electron chi connectivity index (χ2n) is 6.44. The smallest absolute Gasteiger partial charge is 0.0314 e. The van der Waals surface area contributed by atoms with Gasteiger partial charge in [-0.15, -0.1) is 0 Å². The maximum absolute atomic E-state index is 5.69. The lowest BCUT2D eigenvalue weighted by atomic mass is 10.1. The van der Waals surface area contributed by atoms with Crippen LogP contribution in [0, 0.1) is 0 Å². The van der Waals surface area contributed by atoms with Gasteiger partial charge in [-0.25, -0.2) is 0 Å². The molecule has 138 valence electrons. The summed E-state index contributed by atoms with van der Waals surface area (Å²) in [6.07, 6.45) is 16.4. The van der Waals surface area contributed by atoms with Crippen LogP contribution in [-0.4, -0.2) is 0 Å². The normalized spacial score (nSPS) is 12.0. The lowest BCUT2D eigenvalue weighted by Crippen LogP contribution is -1.82. The minimum Gasteiger partial charge on any atom is -0.399 e. The van der Waals surface area contributed by atoms with Crippen LogP contribution in [0.2, 0.25) is 0 Å². The van der Waals surface area contributed by atoms with Crippen LogP contribution in [0.4, 0.5) is 11.4 Å². The fourth-order valence-corrected chi connectivity index (χ4v) is 2.60. The molecule has 2 nitrogen and oxygen atoms in total. The molecule has 0 aliphatic heterocycles. The summed E-state index contributed by atoms with van der Waals surface area (Å²) < 4.78 is 0. The van der Waals surface area contributed by atoms with Crippen molar-refractivity contribution >= 4 is 35.7 Å². The van der Waals surface area contributed by atoms with E-state index in [0.717, 1.165) is 33.6 Å². The predicted molar refractivity (Wildman–Crippen MR) is 124 cm³/mol. The molecule has 0 aliphatic carbocycles. The predicted octanol–water partition coefficient (Wildman–Crippen LogP) is 6.30. The largest absolute Gasteiger partial charge is 0.399 e. The number of rotatable bonds is 6. The highest BCUT2D eigenvalue weighted by atomic mass is 14.5. The van der Waals surface area contributed by atoms with Gasteiger partial charge in [-0.3, -0.25) is 0 Å². The van der Waals surface area contributed by atoms with Crippen LogP contribution >= 0.6 is 0 Å². The van der Waals surface area contributed by atoms with Crippen LogP contribution in [-0.2, 0) is 0 Å². The molecule has 0 spiro atoms. The second kappa shape index (κ2) is 9.79. The fraction of sp³-hybridized carbons (Fsp3) is 0. The molecule has 28 heavy (non-hydrogen) atoms. The zero-order valence-corrected chi connectivity index (χ0v) is 15.7. The lowest BCUT2D eigenvalue weighted by Gasteiger charge is -1.96. The average Bonchev–Trinajstić information content (AvgIpc) is 2.72. The average molecular weight is 364 g/mol. The van der Waals surface area contributed by atoms with Gasteiger partial charge in [-0.1, -0.05) is 97.1 Å². The Balaban J connectivity index is 1.52. The highest BCUT2D eigenvalue weighted by molar-refractivity contribution is 5.62. The number of hydrogen-bond acceptors (Lipinski definition) is 2. The van der Waals surface area contributed by atoms with Crippen LogP contribution in [0.15, 0.2) is 97.1 Å². The maximum atomic E-state index is 5.69. The van der Waals surface area contributed by atoms with Crippen LogP contribution in [0.25, 0.3) is 24.3 Å². The Morgan fingerprint density at radius 3 is 0.821 bits per heavy atom. The van der Waals surface area contributed by atoms with E-state index in [-0.39, 0.29) is 0 Å². The van der Waals surface area contributed by atoms with E-state index in [1.807, 2.05) is 72.8 Å². The third-order valence-electron chi connectivity index (χ3n) is 4.19. The van der Waals surface area contributed by atoms with Gasteiger partial charge in [-0.2, -0.15) is 0 Å². The molecule has 3 aromatic rings. The molecule has 3 rings (SSSR count). The van der Waals surface area contributed by atoms with Crippen LogP contribution in [0.1, 0.15) is 22.3 Å². The Labute approximate surface area is 166 Å². The molecular weight excluding hydrogens is 340 g/mol. The second-order valence-corrected chi connectivity index (χ2v) is 6.44. The lowest BCUT2D eigenvalue weighted by molar-refractivity contribution is 1.62. The minimum absolute atomic E-state index is 0.780. The third kappa shape index (κ3) is 6.19. The monoisotopic (exact) mass is 364 g/mol. The van der Waals surface area contributed by atoms with Crippen molar-refractivity contribution in [1.82, 2.24) is 0 Å². The van der Waals surface area contributed by atoms with Gasteiger partial charge >= 0.3 is 0 Å². The van der Waals surface area contributed by atoms with Gasteiger partial charge in [-0.05, 0) is 46.5 Å². The number of hydrogen-bond donors (Lipinski definition) is 2. The SMILES string of the molecule is Nc1ccc(C=CC=Cc2ccc(C=CC=Cc3ccc(N)cc3)cc2)cc1. The van der Waals surface area contributed by atoms with E-state index in [0.29, 0.717) is 0 Å². The summed E-state index contributed by atoms with van der Waals surface area (Å²) in [7, 11) is 0. The molecule has 0 aromatic heterocycles. The summed E-state index contributed by atoms with van der Waals surface area (Å²) in [5.41, 5.74) is 17.5. The van der Waals surface area contributed by atoms with Crippen LogP contribution in [0.3, 0.4) is 0 Å². The summed E-state index contributed by atoms with van der Waals surface area (Å²) >= 11 is 0. The summed E-state index contributed by atoms with van der Waals surface area (Å²) in [5, 5.41) is 0. The molecular formula is C26H24N2. The molecule has 0 unspecified atom stereocenters. The number of nitrogens with two attached hydrogens (primary N) is 2. The van der Waals surface area contributed by atoms with E-state index in [1.165, 1.54) is 0 Å². The fourth-order valence-electron chi connectivity index (χ4n) is 2.60. The van der Waals surface area contributed by atoms with Crippen molar-refractivity contribution in [3.8, 4) is 0 Å². The van der Waals surface area contributed by atoms with E-state index >= 15 is 0 Å². The summed E-state index contributed by atoms with van der Waals surface area (Å²) in [5.74, 6) is 0. The number of nitrogen functional groups attached to an aromatic ring is 2. The zero-order chi connectivity index (χ0) is 19.6. The van der Waals surface area contributed by atoms with Gasteiger partial charge in [0.05, 0.1) is 0 Å². The molecule has 0 aliphatic rings. The third-order valence-corrected chi connectivity index (χ3v) is 4.19. The number of allylic oxidation sites excluding steroid dienone is 4. The van der Waals surface area contributed by atoms with Crippen LogP contribution in [0.5, 0.6) is 0 Å². The Bertz CT molecular complexity index is 903. The number of anilines is 2. The Morgan fingerprint density at radius 1 is 0.357 bits per heavy atom. The molecule has 3 aromatic carbocycles. The van der Waals surface area contributed by atoms with E-state index in [2.05, 4.69) is 48.6 Å². The Morgan fingerprint density at radius 2 is 0.571 bits per heavy atom. The molecule has 0 atom stereocenters. The zero-order valence-electron chi connectivity index (χ0n) is 15.7. The first-order valence-corrected chi connectivity index (χ1v) is 9.20. The molecule has 0 radical (unpaired) electrons. The van der Waals surface area contributed by atoms with Crippen molar-refractivity contribution in [2.45, 2.75) is 0 Å². The summed E-state index contributed by atoms with van der Waals surface area (Å²) in [6, 6.07) is 24.1. The van der Waals surface area contributed by atoms with E-state index < -0.39 is 0 Å². The van der Waals surface area contributed by atoms with Crippen molar-refractivity contribution in [1.29, 1.82) is 0 Å². The molecule has 0 fully saturated rings. The molecule has 0 amide bonds. The van der Waals surface area contributed by atoms with Gasteiger partial charge in [0.15, 0.2) is 0 Å². The molecule has 4 N–H and O–H groups in total. The summed E-state index contributed by atoms with van der Waals surface area (Å²) in [6.45, 7) is 0. The molecule has 0 heterocycles. The van der Waals surface area contributed by atoms with Crippen molar-refractivity contribution < 1.29 is 0 Å². The first kappa shape index (κ1) is 19.0. The van der Waals surface area contributed by atoms with Crippen molar-refractivity contribution in [3.63, 3.8) is 0 Å². The van der Waals surface area contributed by atoms with Crippen molar-refractivity contribution in [3.05, 3.63) is 119 Å². The van der Waals surface area contributed by atoms with Gasteiger partial charge < -0.3 is 11.5 Å². The van der Waals surface area contributed by atoms with Crippen molar-refractivity contribution in [2.75, 3.05) is 11.5 Å². The van der Waals surface area contributed by atoms with Gasteiger partial charge in [0.2, 0.25) is 0 Å². The first-order chi connectivity index (χ1) is 13.7. The number of benzene rings is 3. The minimum atomic E-state index is 0.780. The first-order valence-electron chi connectivity index (χ1n) is 9.20. The van der Waals surface area contributed by atoms with Gasteiger partial charge in [0.1, 0.15) is 0 Å². The quantitative estimate of drug-likeness (QED) is 0.398. The van der Waals surface area contributed by atoms with Crippen LogP contribution < -0.4 is 11.5 Å². The van der Waals surface area contributed by atoms with Gasteiger partial charge in [0.25, 0.3) is 0 Å². The molecule has 0 saturated heterocycles. The molecule has 2 heteroatoms.